The average molecular weight is 405 g/mol. The van der Waals surface area contributed by atoms with Crippen LogP contribution in [0.25, 0.3) is 0 Å². The molecule has 0 saturated carbocycles. The highest BCUT2D eigenvalue weighted by molar-refractivity contribution is 7.89. The Kier molecular flexibility index (Phi) is 5.30. The van der Waals surface area contributed by atoms with E-state index in [1.165, 1.54) is 11.1 Å². The number of nitrogens with zero attached hydrogens (tertiary/aromatic N) is 2. The Morgan fingerprint density at radius 2 is 1.63 bits per heavy atom. The number of benzene rings is 2. The molecule has 2 aromatic carbocycles. The Morgan fingerprint density at radius 1 is 0.963 bits per heavy atom. The average Bonchev–Trinajstić information content (AvgIpc) is 2.68. The highest BCUT2D eigenvalue weighted by Gasteiger charge is 2.37. The van der Waals surface area contributed by atoms with Gasteiger partial charge in [-0.25, -0.2) is 8.42 Å². The largest absolute Gasteiger partial charge is 0.299 e. The van der Waals surface area contributed by atoms with Crippen molar-refractivity contribution in [2.45, 2.75) is 30.2 Å². The third-order valence-corrected chi connectivity index (χ3v) is 8.38. The number of sulfonamides is 1. The van der Waals surface area contributed by atoms with Gasteiger partial charge >= 0.3 is 0 Å². The molecule has 0 aliphatic carbocycles. The van der Waals surface area contributed by atoms with E-state index in [4.69, 9.17) is 11.6 Å². The normalized spacial score (nSPS) is 22.5. The molecule has 4 rings (SSSR count). The van der Waals surface area contributed by atoms with Crippen LogP contribution in [0.3, 0.4) is 0 Å². The Bertz CT molecular complexity index is 923. The summed E-state index contributed by atoms with van der Waals surface area (Å²) in [5.74, 6) is 0.467. The number of hydrogen-bond donors (Lipinski definition) is 0. The summed E-state index contributed by atoms with van der Waals surface area (Å²) in [7, 11) is -1.35. The van der Waals surface area contributed by atoms with Gasteiger partial charge in [-0.1, -0.05) is 48.0 Å². The summed E-state index contributed by atoms with van der Waals surface area (Å²) < 4.78 is 27.6. The second-order valence-corrected chi connectivity index (χ2v) is 9.86. The van der Waals surface area contributed by atoms with Crippen LogP contribution in [-0.2, 0) is 16.4 Å². The van der Waals surface area contributed by atoms with Gasteiger partial charge in [0.1, 0.15) is 4.90 Å². The molecule has 2 aliphatic rings. The van der Waals surface area contributed by atoms with E-state index in [1.807, 2.05) is 0 Å². The molecule has 1 fully saturated rings. The first-order valence-corrected chi connectivity index (χ1v) is 11.3. The van der Waals surface area contributed by atoms with E-state index in [0.717, 1.165) is 25.8 Å². The smallest absolute Gasteiger partial charge is 0.244 e. The summed E-state index contributed by atoms with van der Waals surface area (Å²) in [4.78, 5) is 2.65. The van der Waals surface area contributed by atoms with Crippen molar-refractivity contribution in [3.05, 3.63) is 64.7 Å². The zero-order valence-corrected chi connectivity index (χ0v) is 17.1. The van der Waals surface area contributed by atoms with Crippen LogP contribution in [0.15, 0.2) is 53.4 Å². The van der Waals surface area contributed by atoms with E-state index in [0.29, 0.717) is 30.1 Å². The molecule has 0 aromatic heterocycles. The van der Waals surface area contributed by atoms with Gasteiger partial charge in [-0.05, 0) is 55.5 Å². The summed E-state index contributed by atoms with van der Waals surface area (Å²) in [5, 5.41) is 0.292. The highest BCUT2D eigenvalue weighted by Crippen LogP contribution is 2.40. The quantitative estimate of drug-likeness (QED) is 0.777. The van der Waals surface area contributed by atoms with Crippen molar-refractivity contribution in [3.63, 3.8) is 0 Å². The molecule has 2 aliphatic heterocycles. The van der Waals surface area contributed by atoms with Gasteiger partial charge in [0, 0.05) is 25.7 Å². The number of likely N-dealkylation sites (N-methyl/N-ethyl adjacent to an activating group) is 1. The number of halogens is 1. The molecular weight excluding hydrogens is 380 g/mol. The zero-order chi connectivity index (χ0) is 19.0. The fourth-order valence-electron chi connectivity index (χ4n) is 4.56. The van der Waals surface area contributed by atoms with Crippen molar-refractivity contribution in [3.8, 4) is 0 Å². The molecule has 2 heterocycles. The summed E-state index contributed by atoms with van der Waals surface area (Å²) in [6.07, 6.45) is 2.82. The molecule has 0 radical (unpaired) electrons. The Morgan fingerprint density at radius 3 is 2.37 bits per heavy atom. The van der Waals surface area contributed by atoms with E-state index in [2.05, 4.69) is 36.2 Å². The number of piperidine rings is 1. The van der Waals surface area contributed by atoms with Gasteiger partial charge in [0.15, 0.2) is 0 Å². The summed E-state index contributed by atoms with van der Waals surface area (Å²) in [5.41, 5.74) is 2.85. The van der Waals surface area contributed by atoms with Gasteiger partial charge in [-0.2, -0.15) is 4.31 Å². The topological polar surface area (TPSA) is 40.6 Å². The van der Waals surface area contributed by atoms with Crippen molar-refractivity contribution in [1.29, 1.82) is 0 Å². The van der Waals surface area contributed by atoms with E-state index in [1.54, 1.807) is 28.6 Å². The minimum atomic E-state index is -3.53. The predicted molar refractivity (Wildman–Crippen MR) is 108 cm³/mol. The minimum Gasteiger partial charge on any atom is -0.299 e. The maximum atomic E-state index is 13.0. The first-order chi connectivity index (χ1) is 13.0. The molecule has 6 heteroatoms. The van der Waals surface area contributed by atoms with Crippen molar-refractivity contribution < 1.29 is 8.42 Å². The molecule has 0 spiro atoms. The Hall–Kier alpha value is -1.40. The van der Waals surface area contributed by atoms with Crippen LogP contribution < -0.4 is 0 Å². The summed E-state index contributed by atoms with van der Waals surface area (Å²) in [6.45, 7) is 2.15. The Balaban J connectivity index is 1.52. The molecule has 4 nitrogen and oxygen atoms in total. The maximum Gasteiger partial charge on any atom is 0.244 e. The van der Waals surface area contributed by atoms with Gasteiger partial charge in [0.2, 0.25) is 10.0 Å². The molecular formula is C21H25ClN2O2S. The molecule has 2 aromatic rings. The van der Waals surface area contributed by atoms with E-state index >= 15 is 0 Å². The lowest BCUT2D eigenvalue weighted by Crippen LogP contribution is -2.44. The molecule has 1 atom stereocenters. The van der Waals surface area contributed by atoms with Crippen LogP contribution in [-0.4, -0.2) is 44.3 Å². The van der Waals surface area contributed by atoms with Crippen molar-refractivity contribution in [2.75, 3.05) is 26.7 Å². The number of fused-ring (bicyclic) bond motifs is 1. The van der Waals surface area contributed by atoms with Crippen LogP contribution in [0.4, 0.5) is 0 Å². The monoisotopic (exact) mass is 404 g/mol. The third kappa shape index (κ3) is 3.54. The molecule has 0 amide bonds. The van der Waals surface area contributed by atoms with Crippen LogP contribution in [0.2, 0.25) is 5.02 Å². The van der Waals surface area contributed by atoms with Crippen LogP contribution in [0, 0.1) is 5.92 Å². The number of rotatable bonds is 3. The molecule has 144 valence electrons. The van der Waals surface area contributed by atoms with Crippen molar-refractivity contribution in [2.24, 2.45) is 5.92 Å². The van der Waals surface area contributed by atoms with E-state index in [-0.39, 0.29) is 4.90 Å². The van der Waals surface area contributed by atoms with Gasteiger partial charge in [0.25, 0.3) is 0 Å². The lowest BCUT2D eigenvalue weighted by atomic mass is 9.80. The molecule has 1 saturated heterocycles. The SMILES string of the molecule is CN1CCc2ccccc2C1C1CCN(S(=O)(=O)c2ccccc2Cl)CC1. The minimum absolute atomic E-state index is 0.213. The first kappa shape index (κ1) is 18.9. The van der Waals surface area contributed by atoms with Gasteiger partial charge in [0.05, 0.1) is 5.02 Å². The summed E-state index contributed by atoms with van der Waals surface area (Å²) in [6, 6.07) is 15.8. The fraction of sp³-hybridized carbons (Fsp3) is 0.429. The standard InChI is InChI=1S/C21H25ClN2O2S/c1-23-13-10-16-6-2-3-7-18(16)21(23)17-11-14-24(15-12-17)27(25,26)20-9-5-4-8-19(20)22/h2-9,17,21H,10-15H2,1H3. The third-order valence-electron chi connectivity index (χ3n) is 5.98. The number of hydrogen-bond acceptors (Lipinski definition) is 3. The molecule has 1 unspecified atom stereocenters. The fourth-order valence-corrected chi connectivity index (χ4v) is 6.53. The van der Waals surface area contributed by atoms with Crippen molar-refractivity contribution >= 4 is 21.6 Å². The lowest BCUT2D eigenvalue weighted by molar-refractivity contribution is 0.122. The van der Waals surface area contributed by atoms with Crippen molar-refractivity contribution in [1.82, 2.24) is 9.21 Å². The predicted octanol–water partition coefficient (Wildman–Crippen LogP) is 3.97. The summed E-state index contributed by atoms with van der Waals surface area (Å²) >= 11 is 6.14. The van der Waals surface area contributed by atoms with Gasteiger partial charge in [-0.3, -0.25) is 4.90 Å². The molecule has 27 heavy (non-hydrogen) atoms. The van der Waals surface area contributed by atoms with Gasteiger partial charge in [-0.15, -0.1) is 0 Å². The highest BCUT2D eigenvalue weighted by atomic mass is 35.5. The molecule has 0 bridgehead atoms. The maximum absolute atomic E-state index is 13.0. The lowest BCUT2D eigenvalue weighted by Gasteiger charge is -2.42. The van der Waals surface area contributed by atoms with Crippen LogP contribution >= 0.6 is 11.6 Å². The molecule has 0 N–H and O–H groups in total. The van der Waals surface area contributed by atoms with Crippen LogP contribution in [0.1, 0.15) is 30.0 Å². The first-order valence-electron chi connectivity index (χ1n) is 9.51. The second kappa shape index (κ2) is 7.55. The van der Waals surface area contributed by atoms with Crippen LogP contribution in [0.5, 0.6) is 0 Å². The second-order valence-electron chi connectivity index (χ2n) is 7.55. The zero-order valence-electron chi connectivity index (χ0n) is 15.5. The Labute approximate surface area is 166 Å². The van der Waals surface area contributed by atoms with E-state index < -0.39 is 10.0 Å². The van der Waals surface area contributed by atoms with E-state index in [9.17, 15) is 8.42 Å². The van der Waals surface area contributed by atoms with Gasteiger partial charge < -0.3 is 0 Å².